The van der Waals surface area contributed by atoms with E-state index in [1.807, 2.05) is 30.3 Å². The molecule has 3 rings (SSSR count). The lowest BCUT2D eigenvalue weighted by Crippen LogP contribution is -2.17. The third kappa shape index (κ3) is 12.4. The zero-order valence-corrected chi connectivity index (χ0v) is 26.0. The number of benzene rings is 3. The van der Waals surface area contributed by atoms with Gasteiger partial charge in [0.1, 0.15) is 5.75 Å². The highest BCUT2D eigenvalue weighted by Gasteiger charge is 2.14. The molecule has 226 valence electrons. The van der Waals surface area contributed by atoms with Crippen LogP contribution in [-0.4, -0.2) is 18.1 Å². The molecule has 0 aliphatic carbocycles. The zero-order chi connectivity index (χ0) is 29.8. The number of carbonyl (C=O) groups excluding carboxylic acids is 2. The van der Waals surface area contributed by atoms with Gasteiger partial charge in [0, 0.05) is 17.0 Å². The van der Waals surface area contributed by atoms with E-state index in [2.05, 4.69) is 17.5 Å². The molecular formula is C36H47ClN2O3. The molecular weight excluding hydrogens is 544 g/mol. The number of rotatable bonds is 20. The minimum atomic E-state index is -0.492. The second-order valence-corrected chi connectivity index (χ2v) is 11.5. The summed E-state index contributed by atoms with van der Waals surface area (Å²) in [4.78, 5) is 25.1. The number of hydrogen-bond donors (Lipinski definition) is 1. The van der Waals surface area contributed by atoms with Gasteiger partial charge in [0.15, 0.2) is 0 Å². The summed E-state index contributed by atoms with van der Waals surface area (Å²) in [5.74, 6) is -0.233. The molecule has 0 atom stereocenters. The number of hydrazone groups is 1. The molecule has 0 bridgehead atoms. The number of amides is 1. The molecule has 0 aromatic heterocycles. The third-order valence-electron chi connectivity index (χ3n) is 7.60. The average molecular weight is 591 g/mol. The monoisotopic (exact) mass is 590 g/mol. The number of nitrogens with zero attached hydrogens (tertiary/aromatic N) is 1. The van der Waals surface area contributed by atoms with E-state index in [1.54, 1.807) is 36.5 Å². The van der Waals surface area contributed by atoms with Gasteiger partial charge in [-0.05, 0) is 47.5 Å². The number of hydrogen-bond acceptors (Lipinski definition) is 4. The maximum Gasteiger partial charge on any atom is 0.343 e. The van der Waals surface area contributed by atoms with Gasteiger partial charge in [-0.1, -0.05) is 139 Å². The van der Waals surface area contributed by atoms with Gasteiger partial charge in [0.25, 0.3) is 0 Å². The highest BCUT2D eigenvalue weighted by molar-refractivity contribution is 6.30. The first kappa shape index (κ1) is 33.3. The Bertz CT molecular complexity index is 1260. The third-order valence-corrected chi connectivity index (χ3v) is 7.86. The molecule has 1 N–H and O–H groups in total. The summed E-state index contributed by atoms with van der Waals surface area (Å²) in [7, 11) is 0. The van der Waals surface area contributed by atoms with E-state index in [9.17, 15) is 9.59 Å². The minimum absolute atomic E-state index is 0.110. The molecule has 0 saturated heterocycles. The van der Waals surface area contributed by atoms with Crippen LogP contribution in [0.2, 0.25) is 5.02 Å². The normalized spacial score (nSPS) is 11.3. The van der Waals surface area contributed by atoms with Gasteiger partial charge >= 0.3 is 5.97 Å². The second-order valence-electron chi connectivity index (χ2n) is 11.1. The summed E-state index contributed by atoms with van der Waals surface area (Å²) in [6.45, 7) is 2.27. The van der Waals surface area contributed by atoms with Crippen molar-refractivity contribution >= 4 is 40.5 Å². The van der Waals surface area contributed by atoms with Crippen LogP contribution >= 0.6 is 11.6 Å². The van der Waals surface area contributed by atoms with Crippen molar-refractivity contribution in [1.29, 1.82) is 0 Å². The SMILES string of the molecule is CCCCCCCCCCCCCCCCCC(=O)N/N=C\c1c(OC(=O)c2ccc(Cl)cc2)ccc2ccccc12. The fraction of sp³-hybridized carbons (Fsp3) is 0.472. The largest absolute Gasteiger partial charge is 0.422 e. The van der Waals surface area contributed by atoms with Crippen LogP contribution in [0.5, 0.6) is 5.75 Å². The fourth-order valence-electron chi connectivity index (χ4n) is 5.12. The Morgan fingerprint density at radius 3 is 1.93 bits per heavy atom. The van der Waals surface area contributed by atoms with Crippen LogP contribution in [0, 0.1) is 0 Å². The van der Waals surface area contributed by atoms with Crippen LogP contribution in [0.1, 0.15) is 126 Å². The summed E-state index contributed by atoms with van der Waals surface area (Å²) in [6, 6.07) is 18.0. The van der Waals surface area contributed by atoms with Gasteiger partial charge in [-0.25, -0.2) is 10.2 Å². The molecule has 3 aromatic rings. The standard InChI is InChI=1S/C36H47ClN2O3/c1-2-3-4-5-6-7-8-9-10-11-12-13-14-15-16-21-35(40)39-38-28-33-32-20-18-17-19-29(32)24-27-34(33)42-36(41)30-22-25-31(37)26-23-30/h17-20,22-28H,2-16,21H2,1H3,(H,39,40)/b38-28-. The molecule has 42 heavy (non-hydrogen) atoms. The van der Waals surface area contributed by atoms with Crippen molar-refractivity contribution in [3.05, 3.63) is 76.8 Å². The van der Waals surface area contributed by atoms with Gasteiger partial charge in [0.2, 0.25) is 5.91 Å². The van der Waals surface area contributed by atoms with Crippen LogP contribution < -0.4 is 10.2 Å². The molecule has 0 fully saturated rings. The van der Waals surface area contributed by atoms with Crippen molar-refractivity contribution in [3.8, 4) is 5.75 Å². The quantitative estimate of drug-likeness (QED) is 0.0468. The molecule has 0 unspecified atom stereocenters. The molecule has 0 aliphatic rings. The van der Waals surface area contributed by atoms with E-state index in [1.165, 1.54) is 83.5 Å². The first-order valence-electron chi connectivity index (χ1n) is 15.9. The van der Waals surface area contributed by atoms with Gasteiger partial charge in [-0.15, -0.1) is 0 Å². The van der Waals surface area contributed by atoms with Crippen LogP contribution in [0.4, 0.5) is 0 Å². The van der Waals surface area contributed by atoms with Crippen LogP contribution in [0.15, 0.2) is 65.8 Å². The van der Waals surface area contributed by atoms with Gasteiger partial charge in [0.05, 0.1) is 11.8 Å². The van der Waals surface area contributed by atoms with E-state index in [0.29, 0.717) is 28.3 Å². The molecule has 0 saturated carbocycles. The molecule has 6 heteroatoms. The number of halogens is 1. The lowest BCUT2D eigenvalue weighted by Gasteiger charge is -2.10. The molecule has 0 heterocycles. The van der Waals surface area contributed by atoms with E-state index < -0.39 is 5.97 Å². The molecule has 1 amide bonds. The topological polar surface area (TPSA) is 67.8 Å². The fourth-order valence-corrected chi connectivity index (χ4v) is 5.25. The van der Waals surface area contributed by atoms with Crippen molar-refractivity contribution in [2.75, 3.05) is 0 Å². The van der Waals surface area contributed by atoms with E-state index >= 15 is 0 Å². The first-order chi connectivity index (χ1) is 20.6. The van der Waals surface area contributed by atoms with E-state index in [0.717, 1.165) is 23.6 Å². The highest BCUT2D eigenvalue weighted by Crippen LogP contribution is 2.27. The Labute approximate surface area is 257 Å². The van der Waals surface area contributed by atoms with Crippen molar-refractivity contribution in [3.63, 3.8) is 0 Å². The van der Waals surface area contributed by atoms with Gasteiger partial charge in [-0.3, -0.25) is 4.79 Å². The first-order valence-corrected chi connectivity index (χ1v) is 16.3. The number of nitrogens with one attached hydrogen (secondary N) is 1. The maximum absolute atomic E-state index is 12.7. The smallest absolute Gasteiger partial charge is 0.343 e. The summed E-state index contributed by atoms with van der Waals surface area (Å²) < 4.78 is 5.71. The van der Waals surface area contributed by atoms with Crippen molar-refractivity contribution < 1.29 is 14.3 Å². The lowest BCUT2D eigenvalue weighted by molar-refractivity contribution is -0.121. The average Bonchev–Trinajstić information content (AvgIpc) is 3.00. The Hall–Kier alpha value is -3.18. The predicted molar refractivity (Wildman–Crippen MR) is 176 cm³/mol. The summed E-state index contributed by atoms with van der Waals surface area (Å²) >= 11 is 5.94. The Balaban J connectivity index is 1.35. The van der Waals surface area contributed by atoms with Crippen molar-refractivity contribution in [2.45, 2.75) is 110 Å². The zero-order valence-electron chi connectivity index (χ0n) is 25.2. The molecule has 0 aliphatic heterocycles. The summed E-state index contributed by atoms with van der Waals surface area (Å²) in [5.41, 5.74) is 3.66. The lowest BCUT2D eigenvalue weighted by atomic mass is 10.0. The molecule has 0 radical (unpaired) electrons. The Kier molecular flexibility index (Phi) is 15.8. The van der Waals surface area contributed by atoms with Crippen molar-refractivity contribution in [1.82, 2.24) is 5.43 Å². The minimum Gasteiger partial charge on any atom is -0.422 e. The van der Waals surface area contributed by atoms with Crippen LogP contribution in [0.3, 0.4) is 0 Å². The highest BCUT2D eigenvalue weighted by atomic mass is 35.5. The molecule has 3 aromatic carbocycles. The predicted octanol–water partition coefficient (Wildman–Crippen LogP) is 10.4. The molecule has 5 nitrogen and oxygen atoms in total. The van der Waals surface area contributed by atoms with E-state index in [4.69, 9.17) is 16.3 Å². The number of unbranched alkanes of at least 4 members (excludes halogenated alkanes) is 14. The van der Waals surface area contributed by atoms with Crippen LogP contribution in [-0.2, 0) is 4.79 Å². The Morgan fingerprint density at radius 1 is 0.738 bits per heavy atom. The van der Waals surface area contributed by atoms with Gasteiger partial charge in [-0.2, -0.15) is 5.10 Å². The van der Waals surface area contributed by atoms with E-state index in [-0.39, 0.29) is 5.91 Å². The molecule has 0 spiro atoms. The number of esters is 1. The maximum atomic E-state index is 12.7. The van der Waals surface area contributed by atoms with Gasteiger partial charge < -0.3 is 4.74 Å². The number of ether oxygens (including phenoxy) is 1. The second kappa shape index (κ2) is 19.9. The number of fused-ring (bicyclic) bond motifs is 1. The van der Waals surface area contributed by atoms with Crippen molar-refractivity contribution in [2.24, 2.45) is 5.10 Å². The summed E-state index contributed by atoms with van der Waals surface area (Å²) in [6.07, 6.45) is 21.4. The Morgan fingerprint density at radius 2 is 1.31 bits per heavy atom. The summed E-state index contributed by atoms with van der Waals surface area (Å²) in [5, 5.41) is 6.60. The van der Waals surface area contributed by atoms with Crippen LogP contribution in [0.25, 0.3) is 10.8 Å². The number of carbonyl (C=O) groups is 2.